The fraction of sp³-hybridized carbons (Fsp3) is 0.333. The summed E-state index contributed by atoms with van der Waals surface area (Å²) in [6.45, 7) is 2.28. The highest BCUT2D eigenvalue weighted by Crippen LogP contribution is 2.12. The molecular weight excluding hydrogens is 141 g/mol. The molecule has 60 valence electrons. The van der Waals surface area contributed by atoms with Crippen LogP contribution in [0, 0.1) is 5.82 Å². The van der Waals surface area contributed by atoms with Crippen molar-refractivity contribution in [2.75, 3.05) is 0 Å². The molecule has 0 atom stereocenters. The second-order valence-electron chi connectivity index (χ2n) is 2.44. The van der Waals surface area contributed by atoms with Crippen LogP contribution in [0.5, 0.6) is 0 Å². The highest BCUT2D eigenvalue weighted by Gasteiger charge is 2.03. The van der Waals surface area contributed by atoms with Crippen LogP contribution in [0.1, 0.15) is 18.1 Å². The summed E-state index contributed by atoms with van der Waals surface area (Å²) in [6, 6.07) is 5.07. The minimum absolute atomic E-state index is 0.188. The van der Waals surface area contributed by atoms with E-state index in [0.29, 0.717) is 5.56 Å². The molecule has 0 saturated heterocycles. The molecule has 0 aromatic heterocycles. The van der Waals surface area contributed by atoms with Crippen molar-refractivity contribution in [3.63, 3.8) is 0 Å². The first-order chi connectivity index (χ1) is 5.29. The number of rotatable bonds is 2. The summed E-state index contributed by atoms with van der Waals surface area (Å²) < 4.78 is 13.0. The Hall–Kier alpha value is -0.890. The number of aryl methyl sites for hydroxylation is 1. The maximum absolute atomic E-state index is 13.0. The molecule has 1 aromatic carbocycles. The van der Waals surface area contributed by atoms with Gasteiger partial charge in [-0.2, -0.15) is 0 Å². The SMILES string of the molecule is CCc1cccc(F)c1CN. The molecule has 0 radical (unpaired) electrons. The second-order valence-corrected chi connectivity index (χ2v) is 2.44. The van der Waals surface area contributed by atoms with Gasteiger partial charge in [0.15, 0.2) is 0 Å². The van der Waals surface area contributed by atoms with Gasteiger partial charge in [0, 0.05) is 12.1 Å². The highest BCUT2D eigenvalue weighted by atomic mass is 19.1. The maximum Gasteiger partial charge on any atom is 0.127 e. The molecule has 1 rings (SSSR count). The van der Waals surface area contributed by atoms with Crippen LogP contribution >= 0.6 is 0 Å². The Morgan fingerprint density at radius 1 is 1.45 bits per heavy atom. The van der Waals surface area contributed by atoms with Crippen LogP contribution in [-0.4, -0.2) is 0 Å². The first-order valence-electron chi connectivity index (χ1n) is 3.76. The van der Waals surface area contributed by atoms with E-state index < -0.39 is 0 Å². The average molecular weight is 153 g/mol. The summed E-state index contributed by atoms with van der Waals surface area (Å²) in [5, 5.41) is 0. The Labute approximate surface area is 66.0 Å². The largest absolute Gasteiger partial charge is 0.326 e. The van der Waals surface area contributed by atoms with Gasteiger partial charge in [-0.15, -0.1) is 0 Å². The molecule has 0 saturated carbocycles. The van der Waals surface area contributed by atoms with Crippen LogP contribution in [-0.2, 0) is 13.0 Å². The van der Waals surface area contributed by atoms with Crippen LogP contribution in [0.4, 0.5) is 4.39 Å². The van der Waals surface area contributed by atoms with E-state index in [9.17, 15) is 4.39 Å². The number of halogens is 1. The summed E-state index contributed by atoms with van der Waals surface area (Å²) in [4.78, 5) is 0. The molecule has 2 heteroatoms. The highest BCUT2D eigenvalue weighted by molar-refractivity contribution is 5.28. The lowest BCUT2D eigenvalue weighted by Gasteiger charge is -2.04. The number of benzene rings is 1. The number of hydrogen-bond acceptors (Lipinski definition) is 1. The molecule has 0 amide bonds. The molecule has 0 aliphatic carbocycles. The lowest BCUT2D eigenvalue weighted by molar-refractivity contribution is 0.607. The van der Waals surface area contributed by atoms with Crippen molar-refractivity contribution < 1.29 is 4.39 Å². The lowest BCUT2D eigenvalue weighted by atomic mass is 10.1. The molecule has 11 heavy (non-hydrogen) atoms. The number of nitrogens with two attached hydrogens (primary N) is 1. The summed E-state index contributed by atoms with van der Waals surface area (Å²) in [5.74, 6) is -0.188. The Kier molecular flexibility index (Phi) is 2.60. The zero-order valence-corrected chi connectivity index (χ0v) is 6.60. The Morgan fingerprint density at radius 3 is 2.64 bits per heavy atom. The van der Waals surface area contributed by atoms with E-state index in [-0.39, 0.29) is 12.4 Å². The van der Waals surface area contributed by atoms with Crippen molar-refractivity contribution in [2.45, 2.75) is 19.9 Å². The Bertz CT molecular complexity index is 245. The van der Waals surface area contributed by atoms with Gasteiger partial charge >= 0.3 is 0 Å². The average Bonchev–Trinajstić information content (AvgIpc) is 2.04. The lowest BCUT2D eigenvalue weighted by Crippen LogP contribution is -2.03. The summed E-state index contributed by atoms with van der Waals surface area (Å²) in [6.07, 6.45) is 0.838. The third-order valence-corrected chi connectivity index (χ3v) is 1.80. The zero-order chi connectivity index (χ0) is 8.27. The molecular formula is C9H12FN. The first-order valence-corrected chi connectivity index (χ1v) is 3.76. The molecule has 0 aliphatic heterocycles. The van der Waals surface area contributed by atoms with Crippen LogP contribution in [0.2, 0.25) is 0 Å². The van der Waals surface area contributed by atoms with Gasteiger partial charge in [-0.1, -0.05) is 19.1 Å². The minimum Gasteiger partial charge on any atom is -0.326 e. The van der Waals surface area contributed by atoms with Gasteiger partial charge in [0.1, 0.15) is 5.82 Å². The molecule has 1 aromatic rings. The molecule has 0 spiro atoms. The van der Waals surface area contributed by atoms with Crippen LogP contribution < -0.4 is 5.73 Å². The predicted molar refractivity (Wildman–Crippen MR) is 43.7 cm³/mol. The smallest absolute Gasteiger partial charge is 0.127 e. The molecule has 0 unspecified atom stereocenters. The second kappa shape index (κ2) is 3.49. The van der Waals surface area contributed by atoms with Gasteiger partial charge in [0.2, 0.25) is 0 Å². The van der Waals surface area contributed by atoms with Crippen molar-refractivity contribution in [2.24, 2.45) is 5.73 Å². The number of hydrogen-bond donors (Lipinski definition) is 1. The van der Waals surface area contributed by atoms with Gasteiger partial charge in [-0.25, -0.2) is 4.39 Å². The minimum atomic E-state index is -0.188. The van der Waals surface area contributed by atoms with Gasteiger partial charge in [-0.3, -0.25) is 0 Å². The quantitative estimate of drug-likeness (QED) is 0.689. The Morgan fingerprint density at radius 2 is 2.18 bits per heavy atom. The summed E-state index contributed by atoms with van der Waals surface area (Å²) in [5.41, 5.74) is 7.04. The van der Waals surface area contributed by atoms with E-state index in [0.717, 1.165) is 12.0 Å². The fourth-order valence-electron chi connectivity index (χ4n) is 1.16. The Balaban J connectivity index is 3.13. The molecule has 1 nitrogen and oxygen atoms in total. The van der Waals surface area contributed by atoms with E-state index >= 15 is 0 Å². The van der Waals surface area contributed by atoms with Crippen molar-refractivity contribution in [3.05, 3.63) is 35.1 Å². The molecule has 0 fully saturated rings. The van der Waals surface area contributed by atoms with Crippen LogP contribution in [0.25, 0.3) is 0 Å². The van der Waals surface area contributed by atoms with Crippen molar-refractivity contribution in [1.82, 2.24) is 0 Å². The van der Waals surface area contributed by atoms with Gasteiger partial charge in [0.05, 0.1) is 0 Å². The maximum atomic E-state index is 13.0. The molecule has 0 bridgehead atoms. The fourth-order valence-corrected chi connectivity index (χ4v) is 1.16. The van der Waals surface area contributed by atoms with Crippen molar-refractivity contribution in [3.8, 4) is 0 Å². The predicted octanol–water partition coefficient (Wildman–Crippen LogP) is 1.85. The van der Waals surface area contributed by atoms with E-state index in [1.807, 2.05) is 13.0 Å². The van der Waals surface area contributed by atoms with Crippen LogP contribution in [0.3, 0.4) is 0 Å². The van der Waals surface area contributed by atoms with Crippen LogP contribution in [0.15, 0.2) is 18.2 Å². The van der Waals surface area contributed by atoms with Gasteiger partial charge < -0.3 is 5.73 Å². The molecule has 0 aliphatic rings. The monoisotopic (exact) mass is 153 g/mol. The third-order valence-electron chi connectivity index (χ3n) is 1.80. The summed E-state index contributed by atoms with van der Waals surface area (Å²) >= 11 is 0. The van der Waals surface area contributed by atoms with E-state index in [4.69, 9.17) is 5.73 Å². The molecule has 2 N–H and O–H groups in total. The van der Waals surface area contributed by atoms with Crippen molar-refractivity contribution in [1.29, 1.82) is 0 Å². The van der Waals surface area contributed by atoms with E-state index in [1.165, 1.54) is 6.07 Å². The topological polar surface area (TPSA) is 26.0 Å². The van der Waals surface area contributed by atoms with E-state index in [1.54, 1.807) is 6.07 Å². The molecule has 0 heterocycles. The normalized spacial score (nSPS) is 10.1. The first kappa shape index (κ1) is 8.21. The summed E-state index contributed by atoms with van der Waals surface area (Å²) in [7, 11) is 0. The standard InChI is InChI=1S/C9H12FN/c1-2-7-4-3-5-9(10)8(7)6-11/h3-5H,2,6,11H2,1H3. The van der Waals surface area contributed by atoms with Gasteiger partial charge in [-0.05, 0) is 18.1 Å². The van der Waals surface area contributed by atoms with E-state index in [2.05, 4.69) is 0 Å². The van der Waals surface area contributed by atoms with Gasteiger partial charge in [0.25, 0.3) is 0 Å². The van der Waals surface area contributed by atoms with Crippen molar-refractivity contribution >= 4 is 0 Å². The third kappa shape index (κ3) is 1.57. The zero-order valence-electron chi connectivity index (χ0n) is 6.60.